The Bertz CT molecular complexity index is 1110. The number of hydrogen-bond donors (Lipinski definition) is 1. The fraction of sp³-hybridized carbons (Fsp3) is 0.444. The average molecular weight is 533 g/mol. The summed E-state index contributed by atoms with van der Waals surface area (Å²) >= 11 is 8.82. The lowest BCUT2D eigenvalue weighted by Crippen LogP contribution is -2.54. The third-order valence-corrected chi connectivity index (χ3v) is 9.91. The number of nitrogens with zero attached hydrogens (tertiary/aromatic N) is 1. The standard InChI is InChI=1S/C27H31ClNO4S2/c1-29(2,12-13-32-20-7-3-6-19(28)17-20)22-16-18-10-11-21(22)25(18)33-26(30)27(31,23-8-4-14-34-23)24-9-5-15-35-24/h3-9,14-15,17-18,21-22,25,31H,10-13,16H2,1-2H3/q+1/t18?,21?,22-,25?/m0/s1. The van der Waals surface area contributed by atoms with Crippen LogP contribution in [0.1, 0.15) is 29.0 Å². The van der Waals surface area contributed by atoms with Gasteiger partial charge in [-0.15, -0.1) is 22.7 Å². The molecule has 0 amide bonds. The summed E-state index contributed by atoms with van der Waals surface area (Å²) in [5.74, 6) is 0.829. The van der Waals surface area contributed by atoms with Crippen molar-refractivity contribution >= 4 is 40.2 Å². The van der Waals surface area contributed by atoms with E-state index in [4.69, 9.17) is 21.1 Å². The van der Waals surface area contributed by atoms with Gasteiger partial charge in [-0.25, -0.2) is 4.79 Å². The molecule has 2 aliphatic rings. The first-order valence-corrected chi connectivity index (χ1v) is 14.2. The van der Waals surface area contributed by atoms with Gasteiger partial charge in [0, 0.05) is 23.3 Å². The molecule has 35 heavy (non-hydrogen) atoms. The predicted octanol–water partition coefficient (Wildman–Crippen LogP) is 5.56. The maximum absolute atomic E-state index is 13.6. The summed E-state index contributed by atoms with van der Waals surface area (Å²) in [4.78, 5) is 14.8. The lowest BCUT2D eigenvalue weighted by Gasteiger charge is -2.40. The maximum Gasteiger partial charge on any atom is 0.349 e. The smallest absolute Gasteiger partial charge is 0.349 e. The molecule has 1 N–H and O–H groups in total. The number of benzene rings is 1. The number of thiophene rings is 2. The summed E-state index contributed by atoms with van der Waals surface area (Å²) in [6.45, 7) is 1.43. The first-order valence-electron chi connectivity index (χ1n) is 12.0. The van der Waals surface area contributed by atoms with E-state index in [1.165, 1.54) is 22.7 Å². The molecule has 0 spiro atoms. The molecular formula is C27H31ClNO4S2+. The summed E-state index contributed by atoms with van der Waals surface area (Å²) in [5, 5.41) is 16.1. The minimum absolute atomic E-state index is 0.162. The minimum atomic E-state index is -1.75. The van der Waals surface area contributed by atoms with Crippen LogP contribution in [0.15, 0.2) is 59.3 Å². The number of halogens is 1. The van der Waals surface area contributed by atoms with Crippen molar-refractivity contribution in [1.29, 1.82) is 0 Å². The van der Waals surface area contributed by atoms with Crippen molar-refractivity contribution in [2.45, 2.75) is 37.0 Å². The van der Waals surface area contributed by atoms with Crippen molar-refractivity contribution in [3.8, 4) is 5.75 Å². The Kier molecular flexibility index (Phi) is 6.98. The Morgan fingerprint density at radius 3 is 2.46 bits per heavy atom. The molecule has 3 aromatic rings. The van der Waals surface area contributed by atoms with Gasteiger partial charge in [0.1, 0.15) is 25.0 Å². The topological polar surface area (TPSA) is 55.8 Å². The van der Waals surface area contributed by atoms with Gasteiger partial charge >= 0.3 is 5.97 Å². The molecule has 1 aromatic carbocycles. The fourth-order valence-corrected chi connectivity index (χ4v) is 7.74. The first kappa shape index (κ1) is 24.8. The Morgan fingerprint density at radius 2 is 1.83 bits per heavy atom. The highest BCUT2D eigenvalue weighted by Gasteiger charge is 2.57. The largest absolute Gasteiger partial charge is 0.488 e. The zero-order chi connectivity index (χ0) is 24.6. The van der Waals surface area contributed by atoms with Crippen LogP contribution in [0.4, 0.5) is 0 Å². The molecule has 5 nitrogen and oxygen atoms in total. The molecule has 8 heteroatoms. The summed E-state index contributed by atoms with van der Waals surface area (Å²) in [5.41, 5.74) is -1.75. The highest BCUT2D eigenvalue weighted by Crippen LogP contribution is 2.50. The van der Waals surface area contributed by atoms with Crippen molar-refractivity contribution in [1.82, 2.24) is 0 Å². The molecule has 4 atom stereocenters. The second kappa shape index (κ2) is 9.87. The summed E-state index contributed by atoms with van der Waals surface area (Å²) in [7, 11) is 4.47. The summed E-state index contributed by atoms with van der Waals surface area (Å²) in [6, 6.07) is 15.2. The molecule has 2 aliphatic carbocycles. The van der Waals surface area contributed by atoms with E-state index in [-0.39, 0.29) is 12.0 Å². The number of likely N-dealkylation sites (N-methyl/N-ethyl adjacent to an activating group) is 1. The minimum Gasteiger partial charge on any atom is -0.488 e. The van der Waals surface area contributed by atoms with Gasteiger partial charge in [-0.1, -0.05) is 29.8 Å². The maximum atomic E-state index is 13.6. The van der Waals surface area contributed by atoms with Crippen molar-refractivity contribution in [3.63, 3.8) is 0 Å². The van der Waals surface area contributed by atoms with Crippen molar-refractivity contribution in [3.05, 3.63) is 74.1 Å². The average Bonchev–Trinajstić information content (AvgIpc) is 3.64. The third kappa shape index (κ3) is 4.77. The molecule has 2 heterocycles. The number of quaternary nitrogens is 1. The quantitative estimate of drug-likeness (QED) is 0.289. The molecule has 186 valence electrons. The van der Waals surface area contributed by atoms with Crippen LogP contribution in [-0.2, 0) is 15.1 Å². The van der Waals surface area contributed by atoms with Crippen molar-refractivity contribution in [2.75, 3.05) is 27.2 Å². The molecule has 0 saturated heterocycles. The van der Waals surface area contributed by atoms with Crippen LogP contribution in [0.3, 0.4) is 0 Å². The Balaban J connectivity index is 1.27. The van der Waals surface area contributed by atoms with Crippen LogP contribution >= 0.6 is 34.3 Å². The highest BCUT2D eigenvalue weighted by atomic mass is 35.5. The van der Waals surface area contributed by atoms with Crippen LogP contribution in [0.5, 0.6) is 5.75 Å². The SMILES string of the molecule is C[N+](C)(CCOc1cccc(Cl)c1)[C@H]1CC2CCC1C2OC(=O)C(O)(c1cccs1)c1cccs1. The van der Waals surface area contributed by atoms with Gasteiger partial charge in [-0.3, -0.25) is 0 Å². The number of hydrogen-bond acceptors (Lipinski definition) is 6. The molecular weight excluding hydrogens is 502 g/mol. The fourth-order valence-electron chi connectivity index (χ4n) is 5.84. The summed E-state index contributed by atoms with van der Waals surface area (Å²) < 4.78 is 13.0. The van der Waals surface area contributed by atoms with Crippen LogP contribution in [0.25, 0.3) is 0 Å². The second-order valence-corrected chi connectivity index (χ2v) is 12.5. The van der Waals surface area contributed by atoms with Crippen molar-refractivity contribution in [2.24, 2.45) is 11.8 Å². The third-order valence-electron chi connectivity index (χ3n) is 7.72. The van der Waals surface area contributed by atoms with Gasteiger partial charge in [-0.2, -0.15) is 0 Å². The van der Waals surface area contributed by atoms with Gasteiger partial charge in [-0.05, 0) is 53.9 Å². The van der Waals surface area contributed by atoms with Gasteiger partial charge < -0.3 is 19.1 Å². The van der Waals surface area contributed by atoms with Gasteiger partial charge in [0.2, 0.25) is 5.60 Å². The highest BCUT2D eigenvalue weighted by molar-refractivity contribution is 7.12. The van der Waals surface area contributed by atoms with E-state index in [1.54, 1.807) is 12.1 Å². The Labute approximate surface area is 219 Å². The van der Waals surface area contributed by atoms with Crippen LogP contribution in [-0.4, -0.2) is 55.0 Å². The van der Waals surface area contributed by atoms with E-state index in [0.29, 0.717) is 33.3 Å². The van der Waals surface area contributed by atoms with Crippen molar-refractivity contribution < 1.29 is 23.9 Å². The van der Waals surface area contributed by atoms with E-state index < -0.39 is 11.6 Å². The molecule has 2 aromatic heterocycles. The van der Waals surface area contributed by atoms with Crippen LogP contribution < -0.4 is 4.74 Å². The van der Waals surface area contributed by atoms with Gasteiger partial charge in [0.05, 0.1) is 29.9 Å². The van der Waals surface area contributed by atoms with E-state index >= 15 is 0 Å². The number of ether oxygens (including phenoxy) is 2. The molecule has 0 aliphatic heterocycles. The lowest BCUT2D eigenvalue weighted by atomic mass is 9.93. The second-order valence-electron chi connectivity index (χ2n) is 10.1. The zero-order valence-electron chi connectivity index (χ0n) is 19.9. The molecule has 2 saturated carbocycles. The van der Waals surface area contributed by atoms with E-state index in [1.807, 2.05) is 47.2 Å². The van der Waals surface area contributed by atoms with Gasteiger partial charge in [0.25, 0.3) is 0 Å². The monoisotopic (exact) mass is 532 g/mol. The number of fused-ring (bicyclic) bond motifs is 2. The predicted molar refractivity (Wildman–Crippen MR) is 140 cm³/mol. The molecule has 2 bridgehead atoms. The molecule has 5 rings (SSSR count). The zero-order valence-corrected chi connectivity index (χ0v) is 22.3. The van der Waals surface area contributed by atoms with E-state index in [0.717, 1.165) is 36.0 Å². The number of esters is 1. The first-order chi connectivity index (χ1) is 16.8. The number of carbonyl (C=O) groups excluding carboxylic acids is 1. The molecule has 3 unspecified atom stereocenters. The number of aliphatic hydroxyl groups is 1. The van der Waals surface area contributed by atoms with E-state index in [2.05, 4.69) is 14.1 Å². The Hall–Kier alpha value is -1.90. The number of carbonyl (C=O) groups is 1. The van der Waals surface area contributed by atoms with E-state index in [9.17, 15) is 9.90 Å². The summed E-state index contributed by atoms with van der Waals surface area (Å²) in [6.07, 6.45) is 2.96. The van der Waals surface area contributed by atoms with Crippen LogP contribution in [0.2, 0.25) is 5.02 Å². The van der Waals surface area contributed by atoms with Crippen LogP contribution in [0, 0.1) is 11.8 Å². The Morgan fingerprint density at radius 1 is 1.11 bits per heavy atom. The normalized spacial score (nSPS) is 24.0. The molecule has 2 fully saturated rings. The van der Waals surface area contributed by atoms with Gasteiger partial charge in [0.15, 0.2) is 0 Å². The number of rotatable bonds is 9. The lowest BCUT2D eigenvalue weighted by molar-refractivity contribution is -0.918. The molecule has 0 radical (unpaired) electrons.